The Morgan fingerprint density at radius 3 is 2.58 bits per heavy atom. The van der Waals surface area contributed by atoms with Crippen molar-refractivity contribution < 1.29 is 9.53 Å². The van der Waals surface area contributed by atoms with Gasteiger partial charge >= 0.3 is 5.69 Å². The predicted molar refractivity (Wildman–Crippen MR) is 118 cm³/mol. The van der Waals surface area contributed by atoms with Gasteiger partial charge in [0, 0.05) is 12.1 Å². The Morgan fingerprint density at radius 1 is 1.16 bits per heavy atom. The van der Waals surface area contributed by atoms with E-state index in [1.807, 2.05) is 45.0 Å². The maximum Gasteiger partial charge on any atom is 0.352 e. The molecule has 0 aliphatic rings. The van der Waals surface area contributed by atoms with Crippen molar-refractivity contribution in [1.29, 1.82) is 0 Å². The number of ether oxygens (including phenoxy) is 1. The lowest BCUT2D eigenvalue weighted by molar-refractivity contribution is 0.0929. The molecular weight excluding hydrogens is 396 g/mol. The number of carbonyl (C=O) groups is 1. The molecule has 31 heavy (non-hydrogen) atoms. The van der Waals surface area contributed by atoms with Crippen molar-refractivity contribution in [3.8, 4) is 11.4 Å². The lowest BCUT2D eigenvalue weighted by atomic mass is 10.1. The number of hydrogen-bond donors (Lipinski definition) is 1. The molecule has 1 unspecified atom stereocenters. The first kappa shape index (κ1) is 22.0. The van der Waals surface area contributed by atoms with E-state index in [0.29, 0.717) is 17.9 Å². The van der Waals surface area contributed by atoms with Crippen LogP contribution in [0.15, 0.2) is 58.1 Å². The number of amides is 1. The van der Waals surface area contributed by atoms with E-state index in [1.54, 1.807) is 24.3 Å². The van der Waals surface area contributed by atoms with Crippen LogP contribution in [0.3, 0.4) is 0 Å². The molecule has 0 saturated heterocycles. The smallest absolute Gasteiger partial charge is 0.352 e. The number of nitrogens with zero attached hydrogens (tertiary/aromatic N) is 3. The molecule has 1 atom stereocenters. The number of hydrogen-bond acceptors (Lipinski definition) is 5. The molecule has 8 heteroatoms. The first-order chi connectivity index (χ1) is 14.8. The summed E-state index contributed by atoms with van der Waals surface area (Å²) in [6.45, 7) is 5.71. The number of nitrogens with one attached hydrogen (secondary N) is 1. The minimum Gasteiger partial charge on any atom is -0.497 e. The van der Waals surface area contributed by atoms with Gasteiger partial charge in [0.1, 0.15) is 5.75 Å². The molecule has 2 aromatic carbocycles. The van der Waals surface area contributed by atoms with Gasteiger partial charge in [-0.25, -0.2) is 4.79 Å². The molecule has 0 radical (unpaired) electrons. The van der Waals surface area contributed by atoms with Crippen LogP contribution >= 0.6 is 0 Å². The molecule has 0 fully saturated rings. The Hall–Kier alpha value is -3.68. The van der Waals surface area contributed by atoms with E-state index >= 15 is 0 Å². The van der Waals surface area contributed by atoms with Crippen molar-refractivity contribution in [2.24, 2.45) is 0 Å². The molecule has 0 saturated carbocycles. The second-order valence-electron chi connectivity index (χ2n) is 7.41. The molecule has 8 nitrogen and oxygen atoms in total. The maximum absolute atomic E-state index is 13.2. The molecule has 0 aliphatic carbocycles. The fraction of sp³-hybridized carbons (Fsp3) is 0.304. The van der Waals surface area contributed by atoms with Gasteiger partial charge in [-0.2, -0.15) is 9.78 Å². The third-order valence-electron chi connectivity index (χ3n) is 4.99. The van der Waals surface area contributed by atoms with Gasteiger partial charge in [0.2, 0.25) is 5.69 Å². The van der Waals surface area contributed by atoms with E-state index in [4.69, 9.17) is 4.74 Å². The van der Waals surface area contributed by atoms with E-state index < -0.39 is 17.2 Å². The topological polar surface area (TPSA) is 95.2 Å². The summed E-state index contributed by atoms with van der Waals surface area (Å²) in [4.78, 5) is 39.1. The van der Waals surface area contributed by atoms with Crippen LogP contribution in [0.5, 0.6) is 5.75 Å². The highest BCUT2D eigenvalue weighted by molar-refractivity contribution is 5.91. The molecule has 1 aromatic heterocycles. The van der Waals surface area contributed by atoms with Crippen LogP contribution in [0.1, 0.15) is 41.9 Å². The lowest BCUT2D eigenvalue weighted by Crippen LogP contribution is -2.47. The number of carbonyl (C=O) groups excluding carboxylic acids is 1. The molecule has 1 amide bonds. The molecule has 1 N–H and O–H groups in total. The minimum absolute atomic E-state index is 0.0233. The number of methoxy groups -OCH3 is 1. The Bertz CT molecular complexity index is 1210. The highest BCUT2D eigenvalue weighted by atomic mass is 16.5. The third-order valence-corrected chi connectivity index (χ3v) is 4.99. The van der Waals surface area contributed by atoms with Crippen LogP contribution in [-0.4, -0.2) is 33.4 Å². The molecule has 162 valence electrons. The molecular formula is C23H26N4O4. The standard InChI is InChI=1S/C23H26N4O4/c1-5-16(3)24-21(28)20-22(29)26(14-17-9-6-8-15(2)12-17)23(30)27(25-20)18-10-7-11-19(13-18)31-4/h6-13,16H,5,14H2,1-4H3,(H,24,28). The first-order valence-corrected chi connectivity index (χ1v) is 10.1. The van der Waals surface area contributed by atoms with Gasteiger partial charge in [0.15, 0.2) is 0 Å². The van der Waals surface area contributed by atoms with Gasteiger partial charge < -0.3 is 10.1 Å². The van der Waals surface area contributed by atoms with E-state index in [-0.39, 0.29) is 18.3 Å². The number of benzene rings is 2. The lowest BCUT2D eigenvalue weighted by Gasteiger charge is -2.15. The summed E-state index contributed by atoms with van der Waals surface area (Å²) in [5, 5.41) is 6.88. The Labute approximate surface area is 180 Å². The zero-order valence-corrected chi connectivity index (χ0v) is 18.1. The average molecular weight is 422 g/mol. The molecule has 3 aromatic rings. The van der Waals surface area contributed by atoms with Gasteiger partial charge in [-0.15, -0.1) is 0 Å². The zero-order chi connectivity index (χ0) is 22.5. The van der Waals surface area contributed by atoms with Crippen LogP contribution in [0.25, 0.3) is 5.69 Å². The second kappa shape index (κ2) is 9.42. The van der Waals surface area contributed by atoms with Gasteiger partial charge in [-0.3, -0.25) is 14.2 Å². The van der Waals surface area contributed by atoms with Crippen molar-refractivity contribution in [1.82, 2.24) is 19.7 Å². The van der Waals surface area contributed by atoms with E-state index in [0.717, 1.165) is 20.4 Å². The summed E-state index contributed by atoms with van der Waals surface area (Å²) in [7, 11) is 1.51. The van der Waals surface area contributed by atoms with Crippen molar-refractivity contribution >= 4 is 5.91 Å². The van der Waals surface area contributed by atoms with Gasteiger partial charge in [0.05, 0.1) is 19.3 Å². The Kier molecular flexibility index (Phi) is 6.69. The SMILES string of the molecule is CCC(C)NC(=O)c1nn(-c2cccc(OC)c2)c(=O)n(Cc2cccc(C)c2)c1=O. The second-order valence-corrected chi connectivity index (χ2v) is 7.41. The Balaban J connectivity index is 2.20. The Morgan fingerprint density at radius 2 is 1.90 bits per heavy atom. The molecule has 3 rings (SSSR count). The normalized spacial score (nSPS) is 11.7. The highest BCUT2D eigenvalue weighted by Crippen LogP contribution is 2.14. The fourth-order valence-corrected chi connectivity index (χ4v) is 3.09. The van der Waals surface area contributed by atoms with Crippen LogP contribution in [0.2, 0.25) is 0 Å². The first-order valence-electron chi connectivity index (χ1n) is 10.1. The van der Waals surface area contributed by atoms with Crippen LogP contribution < -0.4 is 21.3 Å². The number of aryl methyl sites for hydroxylation is 1. The van der Waals surface area contributed by atoms with E-state index in [9.17, 15) is 14.4 Å². The highest BCUT2D eigenvalue weighted by Gasteiger charge is 2.21. The zero-order valence-electron chi connectivity index (χ0n) is 18.1. The van der Waals surface area contributed by atoms with Crippen LogP contribution in [-0.2, 0) is 6.54 Å². The quantitative estimate of drug-likeness (QED) is 0.630. The van der Waals surface area contributed by atoms with Crippen LogP contribution in [0, 0.1) is 6.92 Å². The minimum atomic E-state index is -0.730. The monoisotopic (exact) mass is 422 g/mol. The van der Waals surface area contributed by atoms with Gasteiger partial charge in [-0.1, -0.05) is 42.8 Å². The summed E-state index contributed by atoms with van der Waals surface area (Å²) >= 11 is 0. The molecule has 1 heterocycles. The summed E-state index contributed by atoms with van der Waals surface area (Å²) in [5.41, 5.74) is 0.458. The molecule has 0 spiro atoms. The molecule has 0 aliphatic heterocycles. The van der Waals surface area contributed by atoms with Gasteiger partial charge in [0.25, 0.3) is 11.5 Å². The third kappa shape index (κ3) is 4.91. The largest absolute Gasteiger partial charge is 0.497 e. The van der Waals surface area contributed by atoms with Crippen LogP contribution in [0.4, 0.5) is 0 Å². The average Bonchev–Trinajstić information content (AvgIpc) is 2.76. The van der Waals surface area contributed by atoms with Gasteiger partial charge in [-0.05, 0) is 38.0 Å². The molecule has 0 bridgehead atoms. The maximum atomic E-state index is 13.2. The fourth-order valence-electron chi connectivity index (χ4n) is 3.09. The summed E-state index contributed by atoms with van der Waals surface area (Å²) in [6.07, 6.45) is 0.693. The summed E-state index contributed by atoms with van der Waals surface area (Å²) in [5.74, 6) is -0.0952. The number of rotatable bonds is 7. The van der Waals surface area contributed by atoms with Crippen molar-refractivity contribution in [2.45, 2.75) is 39.8 Å². The van der Waals surface area contributed by atoms with E-state index in [2.05, 4.69) is 10.4 Å². The van der Waals surface area contributed by atoms with Crippen molar-refractivity contribution in [3.63, 3.8) is 0 Å². The van der Waals surface area contributed by atoms with Crippen molar-refractivity contribution in [2.75, 3.05) is 7.11 Å². The predicted octanol–water partition coefficient (Wildman–Crippen LogP) is 2.29. The summed E-state index contributed by atoms with van der Waals surface area (Å²) in [6, 6.07) is 14.1. The number of aromatic nitrogens is 3. The summed E-state index contributed by atoms with van der Waals surface area (Å²) < 4.78 is 7.33. The van der Waals surface area contributed by atoms with Crippen molar-refractivity contribution in [3.05, 3.63) is 86.2 Å². The van der Waals surface area contributed by atoms with E-state index in [1.165, 1.54) is 7.11 Å².